The van der Waals surface area contributed by atoms with Crippen molar-refractivity contribution in [3.05, 3.63) is 194 Å². The minimum Gasteiger partial charge on any atom is -0.456 e. The van der Waals surface area contributed by atoms with E-state index in [2.05, 4.69) is 179 Å². The van der Waals surface area contributed by atoms with Gasteiger partial charge in [-0.2, -0.15) is 0 Å². The first kappa shape index (κ1) is 30.9. The summed E-state index contributed by atoms with van der Waals surface area (Å²) >= 11 is 0. The van der Waals surface area contributed by atoms with Crippen molar-refractivity contribution in [3.8, 4) is 16.8 Å². The number of para-hydroxylation sites is 3. The first-order valence-corrected chi connectivity index (χ1v) is 19.0. The van der Waals surface area contributed by atoms with Crippen LogP contribution in [0.3, 0.4) is 0 Å². The molecule has 9 aromatic carbocycles. The Labute approximate surface area is 321 Å². The van der Waals surface area contributed by atoms with Crippen LogP contribution >= 0.6 is 0 Å². The molecule has 12 rings (SSSR count). The largest absolute Gasteiger partial charge is 0.456 e. The molecular weight excluding hydrogens is 685 g/mol. The van der Waals surface area contributed by atoms with E-state index in [9.17, 15) is 0 Å². The van der Waals surface area contributed by atoms with Gasteiger partial charge in [-0.25, -0.2) is 0 Å². The number of furan rings is 2. The summed E-state index contributed by atoms with van der Waals surface area (Å²) in [6.45, 7) is 0. The van der Waals surface area contributed by atoms with Crippen LogP contribution in [0.25, 0.3) is 93.3 Å². The molecule has 12 aromatic rings. The molecule has 0 fully saturated rings. The first-order valence-electron chi connectivity index (χ1n) is 19.0. The third-order valence-corrected chi connectivity index (χ3v) is 11.4. The predicted octanol–water partition coefficient (Wildman–Crippen LogP) is 14.9. The maximum Gasteiger partial charge on any atom is 0.137 e. The average Bonchev–Trinajstić information content (AvgIpc) is 3.93. The zero-order chi connectivity index (χ0) is 36.7. The van der Waals surface area contributed by atoms with Crippen molar-refractivity contribution in [1.29, 1.82) is 0 Å². The van der Waals surface area contributed by atoms with E-state index >= 15 is 0 Å². The van der Waals surface area contributed by atoms with E-state index in [0.29, 0.717) is 0 Å². The molecule has 3 heterocycles. The van der Waals surface area contributed by atoms with Gasteiger partial charge in [-0.15, -0.1) is 0 Å². The molecule has 4 nitrogen and oxygen atoms in total. The minimum absolute atomic E-state index is 0.853. The number of rotatable bonds is 5. The summed E-state index contributed by atoms with van der Waals surface area (Å²) in [6, 6.07) is 69.1. The molecule has 0 aliphatic heterocycles. The Morgan fingerprint density at radius 1 is 0.357 bits per heavy atom. The molecule has 56 heavy (non-hydrogen) atoms. The lowest BCUT2D eigenvalue weighted by Gasteiger charge is -2.26. The number of nitrogens with zero attached hydrogens (tertiary/aromatic N) is 2. The van der Waals surface area contributed by atoms with Gasteiger partial charge in [0.1, 0.15) is 22.3 Å². The quantitative estimate of drug-likeness (QED) is 0.178. The fourth-order valence-corrected chi connectivity index (χ4v) is 8.77. The van der Waals surface area contributed by atoms with Gasteiger partial charge in [0.15, 0.2) is 0 Å². The standard InChI is InChI=1S/C52H32N2O2/c1-2-11-35-30-38(26-22-33(35)10-1)54-45-15-6-3-12-40(45)44-31-36(23-29-46(44)54)34-20-24-37(25-21-34)53(39-27-28-42-41-13-4-7-17-48(41)56-51(42)32-39)47-16-9-19-50-52(47)43-14-5-8-18-49(43)55-50/h1-32H. The van der Waals surface area contributed by atoms with E-state index in [1.807, 2.05) is 24.3 Å². The summed E-state index contributed by atoms with van der Waals surface area (Å²) in [6.07, 6.45) is 0. The van der Waals surface area contributed by atoms with E-state index in [1.54, 1.807) is 0 Å². The Kier molecular flexibility index (Phi) is 6.60. The molecular formula is C52H32N2O2. The molecule has 262 valence electrons. The molecule has 0 amide bonds. The van der Waals surface area contributed by atoms with Crippen molar-refractivity contribution in [3.63, 3.8) is 0 Å². The lowest BCUT2D eigenvalue weighted by atomic mass is 10.0. The number of hydrogen-bond acceptors (Lipinski definition) is 3. The smallest absolute Gasteiger partial charge is 0.137 e. The summed E-state index contributed by atoms with van der Waals surface area (Å²) in [5, 5.41) is 9.32. The topological polar surface area (TPSA) is 34.5 Å². The van der Waals surface area contributed by atoms with Gasteiger partial charge < -0.3 is 18.3 Å². The molecule has 0 aliphatic rings. The van der Waals surface area contributed by atoms with Gasteiger partial charge in [-0.3, -0.25) is 0 Å². The van der Waals surface area contributed by atoms with Crippen molar-refractivity contribution in [2.45, 2.75) is 0 Å². The van der Waals surface area contributed by atoms with Gasteiger partial charge in [0.2, 0.25) is 0 Å². The second-order valence-electron chi connectivity index (χ2n) is 14.5. The maximum atomic E-state index is 6.40. The Balaban J connectivity index is 1.00. The molecule has 0 spiro atoms. The third kappa shape index (κ3) is 4.66. The minimum atomic E-state index is 0.853. The normalized spacial score (nSPS) is 11.9. The van der Waals surface area contributed by atoms with E-state index < -0.39 is 0 Å². The van der Waals surface area contributed by atoms with Crippen LogP contribution in [0.15, 0.2) is 203 Å². The van der Waals surface area contributed by atoms with Crippen LogP contribution < -0.4 is 4.90 Å². The molecule has 0 radical (unpaired) electrons. The van der Waals surface area contributed by atoms with Crippen molar-refractivity contribution < 1.29 is 8.83 Å². The van der Waals surface area contributed by atoms with Crippen molar-refractivity contribution >= 4 is 93.5 Å². The summed E-state index contributed by atoms with van der Waals surface area (Å²) in [4.78, 5) is 2.32. The highest BCUT2D eigenvalue weighted by atomic mass is 16.3. The molecule has 3 aromatic heterocycles. The Morgan fingerprint density at radius 3 is 1.88 bits per heavy atom. The van der Waals surface area contributed by atoms with Crippen molar-refractivity contribution in [2.75, 3.05) is 4.90 Å². The summed E-state index contributed by atoms with van der Waals surface area (Å²) < 4.78 is 15.2. The first-order chi connectivity index (χ1) is 27.7. The third-order valence-electron chi connectivity index (χ3n) is 11.4. The second kappa shape index (κ2) is 12.0. The molecule has 4 heteroatoms. The van der Waals surface area contributed by atoms with Gasteiger partial charge in [-0.1, -0.05) is 109 Å². The molecule has 0 atom stereocenters. The SMILES string of the molecule is c1ccc2cc(-n3c4ccccc4c4cc(-c5ccc(N(c6ccc7c(c6)oc6ccccc67)c6cccc7oc8ccccc8c67)cc5)ccc43)ccc2c1. The van der Waals surface area contributed by atoms with E-state index in [0.717, 1.165) is 72.2 Å². The average molecular weight is 717 g/mol. The van der Waals surface area contributed by atoms with Crippen LogP contribution in [-0.4, -0.2) is 4.57 Å². The van der Waals surface area contributed by atoms with Crippen molar-refractivity contribution in [2.24, 2.45) is 0 Å². The fraction of sp³-hybridized carbons (Fsp3) is 0. The van der Waals surface area contributed by atoms with Gasteiger partial charge in [-0.05, 0) is 101 Å². The molecule has 0 N–H and O–H groups in total. The molecule has 0 aliphatic carbocycles. The zero-order valence-corrected chi connectivity index (χ0v) is 30.2. The maximum absolute atomic E-state index is 6.40. The highest BCUT2D eigenvalue weighted by Gasteiger charge is 2.21. The van der Waals surface area contributed by atoms with Crippen LogP contribution in [-0.2, 0) is 0 Å². The highest BCUT2D eigenvalue weighted by Crippen LogP contribution is 2.45. The summed E-state index contributed by atoms with van der Waals surface area (Å²) in [7, 11) is 0. The molecule has 0 saturated heterocycles. The number of fused-ring (bicyclic) bond motifs is 10. The van der Waals surface area contributed by atoms with Crippen LogP contribution in [0.4, 0.5) is 17.1 Å². The Hall–Kier alpha value is -7.56. The lowest BCUT2D eigenvalue weighted by Crippen LogP contribution is -2.10. The van der Waals surface area contributed by atoms with E-state index in [-0.39, 0.29) is 0 Å². The molecule has 0 saturated carbocycles. The molecule has 0 bridgehead atoms. The van der Waals surface area contributed by atoms with Crippen molar-refractivity contribution in [1.82, 2.24) is 4.57 Å². The van der Waals surface area contributed by atoms with Crippen LogP contribution in [0, 0.1) is 0 Å². The van der Waals surface area contributed by atoms with E-state index in [1.165, 1.54) is 38.1 Å². The molecule has 0 unspecified atom stereocenters. The predicted molar refractivity (Wildman–Crippen MR) is 233 cm³/mol. The highest BCUT2D eigenvalue weighted by molar-refractivity contribution is 6.14. The fourth-order valence-electron chi connectivity index (χ4n) is 8.77. The summed E-state index contributed by atoms with van der Waals surface area (Å²) in [5.74, 6) is 0. The van der Waals surface area contributed by atoms with Crippen LogP contribution in [0.2, 0.25) is 0 Å². The Bertz CT molecular complexity index is 3490. The van der Waals surface area contributed by atoms with E-state index in [4.69, 9.17) is 8.83 Å². The number of aromatic nitrogens is 1. The monoisotopic (exact) mass is 716 g/mol. The van der Waals surface area contributed by atoms with Gasteiger partial charge in [0.05, 0.1) is 22.1 Å². The number of anilines is 3. The van der Waals surface area contributed by atoms with Gasteiger partial charge in [0.25, 0.3) is 0 Å². The zero-order valence-electron chi connectivity index (χ0n) is 30.2. The number of benzene rings is 9. The van der Waals surface area contributed by atoms with Crippen LogP contribution in [0.5, 0.6) is 0 Å². The second-order valence-corrected chi connectivity index (χ2v) is 14.5. The van der Waals surface area contributed by atoms with Crippen LogP contribution in [0.1, 0.15) is 0 Å². The Morgan fingerprint density at radius 2 is 1.00 bits per heavy atom. The summed E-state index contributed by atoms with van der Waals surface area (Å²) in [5.41, 5.74) is 12.4. The van der Waals surface area contributed by atoms with Gasteiger partial charge >= 0.3 is 0 Å². The lowest BCUT2D eigenvalue weighted by molar-refractivity contribution is 0.669. The van der Waals surface area contributed by atoms with Gasteiger partial charge in [0, 0.05) is 50.1 Å². The number of hydrogen-bond donors (Lipinski definition) is 0.